The van der Waals surface area contributed by atoms with Gasteiger partial charge in [-0.3, -0.25) is 9.59 Å². The van der Waals surface area contributed by atoms with Crippen LogP contribution in [0.5, 0.6) is 0 Å². The van der Waals surface area contributed by atoms with Gasteiger partial charge in [0.2, 0.25) is 11.8 Å². The summed E-state index contributed by atoms with van der Waals surface area (Å²) in [7, 11) is 0. The summed E-state index contributed by atoms with van der Waals surface area (Å²) in [6, 6.07) is 15.2. The lowest BCUT2D eigenvalue weighted by atomic mass is 10.0. The molecule has 1 unspecified atom stereocenters. The first-order valence-electron chi connectivity index (χ1n) is 9.28. The Kier molecular flexibility index (Phi) is 8.04. The number of benzene rings is 2. The van der Waals surface area contributed by atoms with E-state index in [4.69, 9.17) is 0 Å². The van der Waals surface area contributed by atoms with Gasteiger partial charge in [-0.05, 0) is 49.1 Å². The molecule has 2 aromatic carbocycles. The van der Waals surface area contributed by atoms with Gasteiger partial charge < -0.3 is 10.2 Å². The Labute approximate surface area is 170 Å². The van der Waals surface area contributed by atoms with E-state index in [0.717, 1.165) is 27.6 Å². The summed E-state index contributed by atoms with van der Waals surface area (Å²) in [6.07, 6.45) is 1.15. The van der Waals surface area contributed by atoms with Crippen LogP contribution in [0, 0.1) is 6.92 Å². The number of aryl methyl sites for hydroxylation is 1. The molecule has 2 aromatic rings. The van der Waals surface area contributed by atoms with E-state index in [0.29, 0.717) is 13.1 Å². The highest BCUT2D eigenvalue weighted by Gasteiger charge is 2.26. The lowest BCUT2D eigenvalue weighted by molar-refractivity contribution is -0.140. The normalized spacial score (nSPS) is 11.7. The van der Waals surface area contributed by atoms with Crippen molar-refractivity contribution >= 4 is 27.7 Å². The predicted molar refractivity (Wildman–Crippen MR) is 112 cm³/mol. The van der Waals surface area contributed by atoms with Crippen molar-refractivity contribution in [2.45, 2.75) is 46.2 Å². The van der Waals surface area contributed by atoms with Crippen LogP contribution in [0.4, 0.5) is 0 Å². The minimum atomic E-state index is -0.535. The number of nitrogens with zero attached hydrogens (tertiary/aromatic N) is 1. The van der Waals surface area contributed by atoms with Crippen LogP contribution in [0.15, 0.2) is 53.0 Å². The van der Waals surface area contributed by atoms with E-state index in [1.54, 1.807) is 11.8 Å². The Balaban J connectivity index is 2.23. The molecule has 0 aliphatic rings. The lowest BCUT2D eigenvalue weighted by Gasteiger charge is -2.29. The van der Waals surface area contributed by atoms with Gasteiger partial charge in [-0.15, -0.1) is 0 Å². The first-order chi connectivity index (χ1) is 12.9. The third kappa shape index (κ3) is 6.21. The molecule has 2 amide bonds. The largest absolute Gasteiger partial charge is 0.354 e. The van der Waals surface area contributed by atoms with Crippen molar-refractivity contribution in [1.82, 2.24) is 10.2 Å². The second-order valence-electron chi connectivity index (χ2n) is 6.72. The lowest BCUT2D eigenvalue weighted by Crippen LogP contribution is -2.48. The summed E-state index contributed by atoms with van der Waals surface area (Å²) in [5.41, 5.74) is 3.05. The minimum Gasteiger partial charge on any atom is -0.354 e. The van der Waals surface area contributed by atoms with Gasteiger partial charge in [-0.1, -0.05) is 59.3 Å². The number of halogens is 1. The fourth-order valence-corrected chi connectivity index (χ4v) is 3.33. The molecule has 4 nitrogen and oxygen atoms in total. The molecular weight excluding hydrogens is 404 g/mol. The van der Waals surface area contributed by atoms with E-state index in [1.807, 2.05) is 62.4 Å². The Morgan fingerprint density at radius 3 is 2.56 bits per heavy atom. The monoisotopic (exact) mass is 430 g/mol. The zero-order chi connectivity index (χ0) is 19.8. The van der Waals surface area contributed by atoms with Crippen LogP contribution < -0.4 is 5.32 Å². The second kappa shape index (κ2) is 10.3. The molecule has 5 heteroatoms. The van der Waals surface area contributed by atoms with Crippen LogP contribution in [-0.2, 0) is 22.6 Å². The molecule has 1 N–H and O–H groups in total. The number of amides is 2. The Bertz CT molecular complexity index is 791. The molecule has 144 valence electrons. The number of carbonyl (C=O) groups excluding carboxylic acids is 2. The van der Waals surface area contributed by atoms with Gasteiger partial charge in [0.1, 0.15) is 6.04 Å². The summed E-state index contributed by atoms with van der Waals surface area (Å²) in [5.74, 6) is -0.173. The van der Waals surface area contributed by atoms with Gasteiger partial charge in [-0.2, -0.15) is 0 Å². The maximum atomic E-state index is 13.1. The zero-order valence-electron chi connectivity index (χ0n) is 16.2. The molecule has 0 radical (unpaired) electrons. The van der Waals surface area contributed by atoms with Crippen molar-refractivity contribution in [1.29, 1.82) is 0 Å². The SMILES string of the molecule is CCCNC(=O)C(C)N(Cc1cccc(Br)c1)C(=O)Cc1ccccc1C. The van der Waals surface area contributed by atoms with Crippen molar-refractivity contribution in [3.05, 3.63) is 69.7 Å². The molecule has 0 fully saturated rings. The topological polar surface area (TPSA) is 49.4 Å². The molecule has 0 spiro atoms. The van der Waals surface area contributed by atoms with Crippen LogP contribution in [0.3, 0.4) is 0 Å². The summed E-state index contributed by atoms with van der Waals surface area (Å²) < 4.78 is 0.953. The third-order valence-electron chi connectivity index (χ3n) is 4.56. The molecule has 0 heterocycles. The van der Waals surface area contributed by atoms with Crippen LogP contribution in [0.1, 0.15) is 37.0 Å². The standard InChI is InChI=1S/C22H27BrN2O2/c1-4-12-24-22(27)17(3)25(15-18-9-7-11-20(23)13-18)21(26)14-19-10-6-5-8-16(19)2/h5-11,13,17H,4,12,14-15H2,1-3H3,(H,24,27). The van der Waals surface area contributed by atoms with E-state index in [-0.39, 0.29) is 18.2 Å². The van der Waals surface area contributed by atoms with Crippen molar-refractivity contribution < 1.29 is 9.59 Å². The van der Waals surface area contributed by atoms with Crippen LogP contribution in [0.2, 0.25) is 0 Å². The van der Waals surface area contributed by atoms with Crippen molar-refractivity contribution in [3.63, 3.8) is 0 Å². The van der Waals surface area contributed by atoms with Gasteiger partial charge in [-0.25, -0.2) is 0 Å². The first-order valence-corrected chi connectivity index (χ1v) is 10.1. The molecule has 0 saturated carbocycles. The molecule has 1 atom stereocenters. The minimum absolute atomic E-state index is 0.0524. The summed E-state index contributed by atoms with van der Waals surface area (Å²) in [5, 5.41) is 2.90. The van der Waals surface area contributed by atoms with Crippen LogP contribution >= 0.6 is 15.9 Å². The van der Waals surface area contributed by atoms with E-state index >= 15 is 0 Å². The first kappa shape index (κ1) is 21.2. The quantitative estimate of drug-likeness (QED) is 0.680. The summed E-state index contributed by atoms with van der Waals surface area (Å²) in [6.45, 7) is 6.80. The number of hydrogen-bond acceptors (Lipinski definition) is 2. The average molecular weight is 431 g/mol. The number of rotatable bonds is 8. The Morgan fingerprint density at radius 1 is 1.15 bits per heavy atom. The predicted octanol–water partition coefficient (Wildman–Crippen LogP) is 4.24. The van der Waals surface area contributed by atoms with E-state index in [9.17, 15) is 9.59 Å². The van der Waals surface area contributed by atoms with Gasteiger partial charge in [0, 0.05) is 17.6 Å². The van der Waals surface area contributed by atoms with Crippen molar-refractivity contribution in [3.8, 4) is 0 Å². The number of nitrogens with one attached hydrogen (secondary N) is 1. The molecule has 0 aliphatic carbocycles. The fraction of sp³-hybridized carbons (Fsp3) is 0.364. The molecule has 0 bridgehead atoms. The summed E-state index contributed by atoms with van der Waals surface area (Å²) >= 11 is 3.47. The Hall–Kier alpha value is -2.14. The summed E-state index contributed by atoms with van der Waals surface area (Å²) in [4.78, 5) is 27.3. The van der Waals surface area contributed by atoms with Crippen LogP contribution in [0.25, 0.3) is 0 Å². The maximum Gasteiger partial charge on any atom is 0.242 e. The van der Waals surface area contributed by atoms with Gasteiger partial charge in [0.05, 0.1) is 6.42 Å². The average Bonchev–Trinajstić information content (AvgIpc) is 2.65. The molecule has 0 aromatic heterocycles. The van der Waals surface area contributed by atoms with E-state index < -0.39 is 6.04 Å². The smallest absolute Gasteiger partial charge is 0.242 e. The van der Waals surface area contributed by atoms with Gasteiger partial charge in [0.15, 0.2) is 0 Å². The highest BCUT2D eigenvalue weighted by atomic mass is 79.9. The Morgan fingerprint density at radius 2 is 1.89 bits per heavy atom. The molecule has 0 aliphatic heterocycles. The van der Waals surface area contributed by atoms with Crippen molar-refractivity contribution in [2.24, 2.45) is 0 Å². The molecule has 2 rings (SSSR count). The number of carbonyl (C=O) groups is 2. The van der Waals surface area contributed by atoms with Crippen molar-refractivity contribution in [2.75, 3.05) is 6.54 Å². The second-order valence-corrected chi connectivity index (χ2v) is 7.64. The van der Waals surface area contributed by atoms with Crippen LogP contribution in [-0.4, -0.2) is 29.3 Å². The fourth-order valence-electron chi connectivity index (χ4n) is 2.88. The molecular formula is C22H27BrN2O2. The van der Waals surface area contributed by atoms with Gasteiger partial charge >= 0.3 is 0 Å². The van der Waals surface area contributed by atoms with Gasteiger partial charge in [0.25, 0.3) is 0 Å². The van der Waals surface area contributed by atoms with E-state index in [2.05, 4.69) is 21.2 Å². The van der Waals surface area contributed by atoms with E-state index in [1.165, 1.54) is 0 Å². The number of hydrogen-bond donors (Lipinski definition) is 1. The zero-order valence-corrected chi connectivity index (χ0v) is 17.8. The highest BCUT2D eigenvalue weighted by Crippen LogP contribution is 2.17. The third-order valence-corrected chi connectivity index (χ3v) is 5.05. The highest BCUT2D eigenvalue weighted by molar-refractivity contribution is 9.10. The molecule has 27 heavy (non-hydrogen) atoms. The maximum absolute atomic E-state index is 13.1. The molecule has 0 saturated heterocycles.